The third-order valence-corrected chi connectivity index (χ3v) is 5.13. The maximum atomic E-state index is 12.9. The van der Waals surface area contributed by atoms with Crippen molar-refractivity contribution in [1.29, 1.82) is 0 Å². The van der Waals surface area contributed by atoms with E-state index in [9.17, 15) is 9.59 Å². The Labute approximate surface area is 160 Å². The van der Waals surface area contributed by atoms with E-state index < -0.39 is 0 Å². The van der Waals surface area contributed by atoms with E-state index in [1.807, 2.05) is 42.5 Å². The number of carbonyl (C=O) groups excluding carboxylic acids is 2. The molecule has 1 N–H and O–H groups in total. The fourth-order valence-electron chi connectivity index (χ4n) is 3.52. The van der Waals surface area contributed by atoms with Crippen LogP contribution in [0.1, 0.15) is 31.4 Å². The van der Waals surface area contributed by atoms with Crippen molar-refractivity contribution in [2.24, 2.45) is 5.92 Å². The van der Waals surface area contributed by atoms with E-state index in [2.05, 4.69) is 19.2 Å². The summed E-state index contributed by atoms with van der Waals surface area (Å²) in [5, 5.41) is 3.10. The second kappa shape index (κ2) is 8.25. The number of hydrogen-bond acceptors (Lipinski definition) is 3. The lowest BCUT2D eigenvalue weighted by atomic mass is 10.0. The average Bonchev–Trinajstić information content (AvgIpc) is 3.10. The molecule has 1 fully saturated rings. The smallest absolute Gasteiger partial charge is 0.229 e. The Hall–Kier alpha value is -2.82. The second-order valence-electron chi connectivity index (χ2n) is 6.75. The summed E-state index contributed by atoms with van der Waals surface area (Å²) in [6, 6.07) is 13.4. The van der Waals surface area contributed by atoms with Crippen LogP contribution < -0.4 is 15.0 Å². The van der Waals surface area contributed by atoms with Gasteiger partial charge in [-0.1, -0.05) is 32.0 Å². The molecule has 2 aromatic rings. The fraction of sp³-hybridized carbons (Fsp3) is 0.364. The minimum atomic E-state index is -0.353. The average molecular weight is 366 g/mol. The Morgan fingerprint density at radius 2 is 1.74 bits per heavy atom. The Morgan fingerprint density at radius 3 is 2.30 bits per heavy atom. The van der Waals surface area contributed by atoms with Crippen LogP contribution in [-0.4, -0.2) is 25.5 Å². The Morgan fingerprint density at radius 1 is 1.11 bits per heavy atom. The van der Waals surface area contributed by atoms with Gasteiger partial charge in [0.05, 0.1) is 13.0 Å². The van der Waals surface area contributed by atoms with Crippen LogP contribution in [0.4, 0.5) is 11.4 Å². The summed E-state index contributed by atoms with van der Waals surface area (Å²) in [5.41, 5.74) is 3.94. The summed E-state index contributed by atoms with van der Waals surface area (Å²) in [7, 11) is 1.61. The third kappa shape index (κ3) is 3.97. The number of carbonyl (C=O) groups is 2. The molecule has 142 valence electrons. The van der Waals surface area contributed by atoms with Crippen molar-refractivity contribution in [3.05, 3.63) is 53.6 Å². The lowest BCUT2D eigenvalue weighted by Gasteiger charge is -2.18. The standard InChI is InChI=1S/C22H26N2O3/c1-4-15-7-6-8-16(5-2)21(15)23-22(26)17-13-20(25)24(14-17)18-9-11-19(27-3)12-10-18/h6-12,17H,4-5,13-14H2,1-3H3,(H,23,26). The number of anilines is 2. The minimum Gasteiger partial charge on any atom is -0.497 e. The topological polar surface area (TPSA) is 58.6 Å². The first-order chi connectivity index (χ1) is 13.1. The molecule has 0 radical (unpaired) electrons. The van der Waals surface area contributed by atoms with Crippen LogP contribution in [0, 0.1) is 5.92 Å². The molecule has 5 nitrogen and oxygen atoms in total. The number of rotatable bonds is 6. The first-order valence-corrected chi connectivity index (χ1v) is 9.43. The van der Waals surface area contributed by atoms with Crippen LogP contribution in [0.5, 0.6) is 5.75 Å². The molecule has 2 amide bonds. The molecule has 1 aliphatic rings. The number of amides is 2. The van der Waals surface area contributed by atoms with Crippen LogP contribution in [0.3, 0.4) is 0 Å². The number of hydrogen-bond donors (Lipinski definition) is 1. The molecular formula is C22H26N2O3. The molecule has 1 saturated heterocycles. The van der Waals surface area contributed by atoms with Crippen molar-refractivity contribution in [1.82, 2.24) is 0 Å². The van der Waals surface area contributed by atoms with Crippen molar-refractivity contribution in [2.75, 3.05) is 23.9 Å². The zero-order valence-corrected chi connectivity index (χ0v) is 16.1. The summed E-state index contributed by atoms with van der Waals surface area (Å²) in [5.74, 6) is 0.270. The molecule has 1 heterocycles. The zero-order chi connectivity index (χ0) is 19.4. The molecular weight excluding hydrogens is 340 g/mol. The molecule has 1 unspecified atom stereocenters. The van der Waals surface area contributed by atoms with Gasteiger partial charge < -0.3 is 15.0 Å². The maximum Gasteiger partial charge on any atom is 0.229 e. The molecule has 0 aliphatic carbocycles. The SMILES string of the molecule is CCc1cccc(CC)c1NC(=O)C1CC(=O)N(c2ccc(OC)cc2)C1. The molecule has 1 aliphatic heterocycles. The van der Waals surface area contributed by atoms with Gasteiger partial charge in [-0.25, -0.2) is 0 Å². The first kappa shape index (κ1) is 19.0. The van der Waals surface area contributed by atoms with Gasteiger partial charge in [-0.05, 0) is 48.2 Å². The highest BCUT2D eigenvalue weighted by atomic mass is 16.5. The molecule has 5 heteroatoms. The Balaban J connectivity index is 1.74. The van der Waals surface area contributed by atoms with Crippen LogP contribution in [0.15, 0.2) is 42.5 Å². The van der Waals surface area contributed by atoms with E-state index in [1.165, 1.54) is 0 Å². The number of nitrogens with zero attached hydrogens (tertiary/aromatic N) is 1. The molecule has 0 spiro atoms. The quantitative estimate of drug-likeness (QED) is 0.846. The first-order valence-electron chi connectivity index (χ1n) is 9.43. The van der Waals surface area contributed by atoms with Crippen molar-refractivity contribution in [3.63, 3.8) is 0 Å². The van der Waals surface area contributed by atoms with Crippen molar-refractivity contribution in [3.8, 4) is 5.75 Å². The van der Waals surface area contributed by atoms with E-state index in [4.69, 9.17) is 4.74 Å². The zero-order valence-electron chi connectivity index (χ0n) is 16.1. The monoisotopic (exact) mass is 366 g/mol. The predicted molar refractivity (Wildman–Crippen MR) is 107 cm³/mol. The summed E-state index contributed by atoms with van der Waals surface area (Å²) in [6.45, 7) is 4.55. The van der Waals surface area contributed by atoms with E-state index >= 15 is 0 Å². The van der Waals surface area contributed by atoms with Gasteiger partial charge in [0, 0.05) is 24.3 Å². The van der Waals surface area contributed by atoms with Gasteiger partial charge in [0.1, 0.15) is 5.75 Å². The molecule has 0 saturated carbocycles. The summed E-state index contributed by atoms with van der Waals surface area (Å²) in [6.07, 6.45) is 1.93. The largest absolute Gasteiger partial charge is 0.497 e. The minimum absolute atomic E-state index is 0.0280. The van der Waals surface area contributed by atoms with Crippen LogP contribution >= 0.6 is 0 Å². The summed E-state index contributed by atoms with van der Waals surface area (Å²) < 4.78 is 5.16. The van der Waals surface area contributed by atoms with E-state index in [1.54, 1.807) is 12.0 Å². The molecule has 27 heavy (non-hydrogen) atoms. The number of para-hydroxylation sites is 1. The maximum absolute atomic E-state index is 12.9. The predicted octanol–water partition coefficient (Wildman–Crippen LogP) is 3.81. The summed E-state index contributed by atoms with van der Waals surface area (Å²) in [4.78, 5) is 27.0. The number of benzene rings is 2. The van der Waals surface area contributed by atoms with Crippen LogP contribution in [0.25, 0.3) is 0 Å². The molecule has 0 aromatic heterocycles. The van der Waals surface area contributed by atoms with E-state index in [-0.39, 0.29) is 24.2 Å². The normalized spacial score (nSPS) is 16.5. The van der Waals surface area contributed by atoms with Gasteiger partial charge in [0.25, 0.3) is 0 Å². The highest BCUT2D eigenvalue weighted by Gasteiger charge is 2.35. The van der Waals surface area contributed by atoms with Gasteiger partial charge >= 0.3 is 0 Å². The van der Waals surface area contributed by atoms with Crippen molar-refractivity contribution < 1.29 is 14.3 Å². The van der Waals surface area contributed by atoms with Crippen molar-refractivity contribution >= 4 is 23.2 Å². The highest BCUT2D eigenvalue weighted by molar-refractivity contribution is 6.04. The van der Waals surface area contributed by atoms with Gasteiger partial charge in [0.15, 0.2) is 0 Å². The lowest BCUT2D eigenvalue weighted by Crippen LogP contribution is -2.28. The fourth-order valence-corrected chi connectivity index (χ4v) is 3.52. The molecule has 0 bridgehead atoms. The lowest BCUT2D eigenvalue weighted by molar-refractivity contribution is -0.122. The second-order valence-corrected chi connectivity index (χ2v) is 6.75. The number of methoxy groups -OCH3 is 1. The number of aryl methyl sites for hydroxylation is 2. The number of ether oxygens (including phenoxy) is 1. The van der Waals surface area contributed by atoms with Crippen LogP contribution in [0.2, 0.25) is 0 Å². The molecule has 3 rings (SSSR count). The molecule has 1 atom stereocenters. The van der Waals surface area contributed by atoms with Crippen LogP contribution in [-0.2, 0) is 22.4 Å². The van der Waals surface area contributed by atoms with Gasteiger partial charge in [0.2, 0.25) is 11.8 Å². The third-order valence-electron chi connectivity index (χ3n) is 5.13. The van der Waals surface area contributed by atoms with Gasteiger partial charge in [-0.15, -0.1) is 0 Å². The summed E-state index contributed by atoms with van der Waals surface area (Å²) >= 11 is 0. The highest BCUT2D eigenvalue weighted by Crippen LogP contribution is 2.29. The van der Waals surface area contributed by atoms with Gasteiger partial charge in [-0.3, -0.25) is 9.59 Å². The Bertz CT molecular complexity index is 808. The van der Waals surface area contributed by atoms with E-state index in [0.717, 1.165) is 41.1 Å². The molecule has 2 aromatic carbocycles. The van der Waals surface area contributed by atoms with Gasteiger partial charge in [-0.2, -0.15) is 0 Å². The number of nitrogens with one attached hydrogen (secondary N) is 1. The Kier molecular flexibility index (Phi) is 5.79. The van der Waals surface area contributed by atoms with Crippen molar-refractivity contribution in [2.45, 2.75) is 33.1 Å². The van der Waals surface area contributed by atoms with E-state index in [0.29, 0.717) is 6.54 Å².